The summed E-state index contributed by atoms with van der Waals surface area (Å²) in [4.78, 5) is 0. The van der Waals surface area contributed by atoms with E-state index in [1.165, 1.54) is 6.07 Å². The average molecular weight is 281 g/mol. The van der Waals surface area contributed by atoms with E-state index >= 15 is 0 Å². The molecule has 0 atom stereocenters. The Morgan fingerprint density at radius 3 is 2.40 bits per heavy atom. The summed E-state index contributed by atoms with van der Waals surface area (Å²) < 4.78 is 41.3. The van der Waals surface area contributed by atoms with E-state index in [1.54, 1.807) is 12.1 Å². The lowest BCUT2D eigenvalue weighted by Gasteiger charge is -2.14. The molecule has 0 aliphatic carbocycles. The third-order valence-corrected chi connectivity index (χ3v) is 2.97. The largest absolute Gasteiger partial charge is 0.573 e. The first-order valence-corrected chi connectivity index (χ1v) is 6.05. The van der Waals surface area contributed by atoms with E-state index in [1.807, 2.05) is 31.2 Å². The lowest BCUT2D eigenvalue weighted by Crippen LogP contribution is -2.18. The SMILES string of the molecule is Cc1ccccc1-c1ccc(CN)c(OC(F)(F)F)c1. The van der Waals surface area contributed by atoms with Crippen molar-refractivity contribution in [2.24, 2.45) is 5.73 Å². The summed E-state index contributed by atoms with van der Waals surface area (Å²) in [7, 11) is 0. The summed E-state index contributed by atoms with van der Waals surface area (Å²) in [6, 6.07) is 12.1. The van der Waals surface area contributed by atoms with E-state index in [-0.39, 0.29) is 12.3 Å². The first-order valence-electron chi connectivity index (χ1n) is 6.05. The van der Waals surface area contributed by atoms with Crippen molar-refractivity contribution in [3.8, 4) is 16.9 Å². The Bertz CT molecular complexity index is 608. The van der Waals surface area contributed by atoms with Gasteiger partial charge in [0, 0.05) is 12.1 Å². The van der Waals surface area contributed by atoms with Gasteiger partial charge in [0.15, 0.2) is 0 Å². The Labute approximate surface area is 115 Å². The Balaban J connectivity index is 2.47. The number of benzene rings is 2. The van der Waals surface area contributed by atoms with Gasteiger partial charge in [-0.15, -0.1) is 13.2 Å². The van der Waals surface area contributed by atoms with Crippen molar-refractivity contribution in [2.45, 2.75) is 19.8 Å². The standard InChI is InChI=1S/C15H14F3NO/c1-10-4-2-3-5-13(10)11-6-7-12(9-19)14(8-11)20-15(16,17)18/h2-8H,9,19H2,1H3. The normalized spacial score (nSPS) is 11.4. The number of hydrogen-bond acceptors (Lipinski definition) is 2. The van der Waals surface area contributed by atoms with Gasteiger partial charge in [-0.3, -0.25) is 0 Å². The summed E-state index contributed by atoms with van der Waals surface area (Å²) in [5, 5.41) is 0. The van der Waals surface area contributed by atoms with Crippen LogP contribution in [0.25, 0.3) is 11.1 Å². The fourth-order valence-electron chi connectivity index (χ4n) is 2.01. The van der Waals surface area contributed by atoms with Crippen molar-refractivity contribution in [3.63, 3.8) is 0 Å². The zero-order valence-corrected chi connectivity index (χ0v) is 10.9. The van der Waals surface area contributed by atoms with E-state index in [0.717, 1.165) is 11.1 Å². The molecule has 0 unspecified atom stereocenters. The van der Waals surface area contributed by atoms with Crippen LogP contribution in [-0.4, -0.2) is 6.36 Å². The highest BCUT2D eigenvalue weighted by molar-refractivity contribution is 5.69. The van der Waals surface area contributed by atoms with Crippen LogP contribution in [0.4, 0.5) is 13.2 Å². The van der Waals surface area contributed by atoms with Crippen molar-refractivity contribution in [1.29, 1.82) is 0 Å². The molecule has 0 amide bonds. The molecule has 0 saturated heterocycles. The third-order valence-electron chi connectivity index (χ3n) is 2.97. The van der Waals surface area contributed by atoms with E-state index < -0.39 is 6.36 Å². The van der Waals surface area contributed by atoms with Crippen LogP contribution in [0.3, 0.4) is 0 Å². The molecule has 0 radical (unpaired) electrons. The molecule has 2 aromatic carbocycles. The fourth-order valence-corrected chi connectivity index (χ4v) is 2.01. The lowest BCUT2D eigenvalue weighted by atomic mass is 9.99. The molecule has 2 nitrogen and oxygen atoms in total. The van der Waals surface area contributed by atoms with Crippen LogP contribution in [0.15, 0.2) is 42.5 Å². The van der Waals surface area contributed by atoms with E-state index in [4.69, 9.17) is 5.73 Å². The minimum absolute atomic E-state index is 0.0144. The number of halogens is 3. The van der Waals surface area contributed by atoms with Crippen LogP contribution in [0.5, 0.6) is 5.75 Å². The smallest absolute Gasteiger partial charge is 0.405 e. The van der Waals surface area contributed by atoms with Gasteiger partial charge in [0.05, 0.1) is 0 Å². The molecule has 2 rings (SSSR count). The predicted molar refractivity (Wildman–Crippen MR) is 71.2 cm³/mol. The summed E-state index contributed by atoms with van der Waals surface area (Å²) in [6.45, 7) is 1.88. The second kappa shape index (κ2) is 5.54. The molecule has 0 fully saturated rings. The van der Waals surface area contributed by atoms with Gasteiger partial charge < -0.3 is 10.5 Å². The quantitative estimate of drug-likeness (QED) is 0.922. The second-order valence-corrected chi connectivity index (χ2v) is 4.39. The highest BCUT2D eigenvalue weighted by Gasteiger charge is 2.32. The number of nitrogens with two attached hydrogens (primary N) is 1. The van der Waals surface area contributed by atoms with Crippen molar-refractivity contribution >= 4 is 0 Å². The van der Waals surface area contributed by atoms with Gasteiger partial charge >= 0.3 is 6.36 Å². The molecule has 2 N–H and O–H groups in total. The average Bonchev–Trinajstić information content (AvgIpc) is 2.37. The Hall–Kier alpha value is -2.01. The van der Waals surface area contributed by atoms with E-state index in [0.29, 0.717) is 11.1 Å². The van der Waals surface area contributed by atoms with Gasteiger partial charge in [-0.2, -0.15) is 0 Å². The number of alkyl halides is 3. The lowest BCUT2D eigenvalue weighted by molar-refractivity contribution is -0.274. The zero-order chi connectivity index (χ0) is 14.8. The number of ether oxygens (including phenoxy) is 1. The molecule has 0 aliphatic heterocycles. The molecule has 0 bridgehead atoms. The molecule has 5 heteroatoms. The molecule has 0 aromatic heterocycles. The molecule has 0 saturated carbocycles. The van der Waals surface area contributed by atoms with Gasteiger partial charge in [0.1, 0.15) is 5.75 Å². The van der Waals surface area contributed by atoms with Crippen molar-refractivity contribution < 1.29 is 17.9 Å². The van der Waals surface area contributed by atoms with Crippen LogP contribution >= 0.6 is 0 Å². The van der Waals surface area contributed by atoms with Crippen LogP contribution in [0, 0.1) is 6.92 Å². The molecule has 20 heavy (non-hydrogen) atoms. The molecular weight excluding hydrogens is 267 g/mol. The Morgan fingerprint density at radius 1 is 1.10 bits per heavy atom. The summed E-state index contributed by atoms with van der Waals surface area (Å²) >= 11 is 0. The number of rotatable bonds is 3. The van der Waals surface area contributed by atoms with Crippen LogP contribution in [0.2, 0.25) is 0 Å². The summed E-state index contributed by atoms with van der Waals surface area (Å²) in [6.07, 6.45) is -4.73. The number of hydrogen-bond donors (Lipinski definition) is 1. The summed E-state index contributed by atoms with van der Waals surface area (Å²) in [5.74, 6) is -0.249. The molecule has 2 aromatic rings. The molecule has 0 heterocycles. The highest BCUT2D eigenvalue weighted by atomic mass is 19.4. The van der Waals surface area contributed by atoms with Gasteiger partial charge in [0.25, 0.3) is 0 Å². The van der Waals surface area contributed by atoms with Gasteiger partial charge in [0.2, 0.25) is 0 Å². The minimum Gasteiger partial charge on any atom is -0.405 e. The van der Waals surface area contributed by atoms with Crippen molar-refractivity contribution in [1.82, 2.24) is 0 Å². The first kappa shape index (κ1) is 14.4. The Morgan fingerprint density at radius 2 is 1.80 bits per heavy atom. The molecular formula is C15H14F3NO. The van der Waals surface area contributed by atoms with Crippen molar-refractivity contribution in [2.75, 3.05) is 0 Å². The fraction of sp³-hybridized carbons (Fsp3) is 0.200. The maximum atomic E-state index is 12.4. The minimum atomic E-state index is -4.73. The maximum Gasteiger partial charge on any atom is 0.573 e. The maximum absolute atomic E-state index is 12.4. The van der Waals surface area contributed by atoms with Crippen molar-refractivity contribution in [3.05, 3.63) is 53.6 Å². The number of aryl methyl sites for hydroxylation is 1. The van der Waals surface area contributed by atoms with Gasteiger partial charge in [-0.05, 0) is 29.7 Å². The van der Waals surface area contributed by atoms with Crippen LogP contribution in [-0.2, 0) is 6.54 Å². The van der Waals surface area contributed by atoms with Gasteiger partial charge in [-0.1, -0.05) is 36.4 Å². The van der Waals surface area contributed by atoms with Crippen LogP contribution < -0.4 is 10.5 Å². The highest BCUT2D eigenvalue weighted by Crippen LogP contribution is 2.32. The molecule has 0 aliphatic rings. The third kappa shape index (κ3) is 3.30. The van der Waals surface area contributed by atoms with Crippen LogP contribution in [0.1, 0.15) is 11.1 Å². The predicted octanol–water partition coefficient (Wildman–Crippen LogP) is 4.02. The van der Waals surface area contributed by atoms with Gasteiger partial charge in [-0.25, -0.2) is 0 Å². The topological polar surface area (TPSA) is 35.2 Å². The van der Waals surface area contributed by atoms with E-state index in [9.17, 15) is 13.2 Å². The monoisotopic (exact) mass is 281 g/mol. The molecule has 0 spiro atoms. The summed E-state index contributed by atoms with van der Waals surface area (Å²) in [5.41, 5.74) is 8.27. The second-order valence-electron chi connectivity index (χ2n) is 4.39. The zero-order valence-electron chi connectivity index (χ0n) is 10.9. The molecule has 106 valence electrons. The first-order chi connectivity index (χ1) is 9.40. The Kier molecular flexibility index (Phi) is 3.99. The van der Waals surface area contributed by atoms with E-state index in [2.05, 4.69) is 4.74 Å².